The minimum atomic E-state index is -4.24. The molecule has 0 radical (unpaired) electrons. The third-order valence-corrected chi connectivity index (χ3v) is 9.51. The number of benzene rings is 3. The molecule has 1 saturated carbocycles. The van der Waals surface area contributed by atoms with E-state index in [1.54, 1.807) is 37.3 Å². The molecule has 0 saturated heterocycles. The summed E-state index contributed by atoms with van der Waals surface area (Å²) >= 11 is 0. The zero-order valence-electron chi connectivity index (χ0n) is 24.6. The Morgan fingerprint density at radius 3 is 2.26 bits per heavy atom. The standard InChI is InChI=1S/C32H39N3O6S/c1-23-12-8-9-13-25(23)21-34(24(2)32(37)33-26-14-10-11-15-26)31(36)22-35(42(38,39)28-16-6-5-7-17-28)29-20-27(40-3)18-19-30(29)41-4/h5-9,12-13,16-20,24,26H,10-11,14-15,21-22H2,1-4H3,(H,33,37). The lowest BCUT2D eigenvalue weighted by atomic mass is 10.1. The first kappa shape index (κ1) is 30.9. The molecule has 9 nitrogen and oxygen atoms in total. The van der Waals surface area contributed by atoms with Crippen LogP contribution in [0.2, 0.25) is 0 Å². The summed E-state index contributed by atoms with van der Waals surface area (Å²) in [6, 6.07) is 19.5. The fraction of sp³-hybridized carbons (Fsp3) is 0.375. The van der Waals surface area contributed by atoms with Crippen molar-refractivity contribution < 1.29 is 27.5 Å². The third kappa shape index (κ3) is 7.05. The molecule has 0 aromatic heterocycles. The Labute approximate surface area is 248 Å². The normalized spacial score (nSPS) is 14.2. The van der Waals surface area contributed by atoms with Gasteiger partial charge >= 0.3 is 0 Å². The summed E-state index contributed by atoms with van der Waals surface area (Å²) in [4.78, 5) is 29.1. The van der Waals surface area contributed by atoms with Crippen molar-refractivity contribution in [3.05, 3.63) is 83.9 Å². The number of nitrogens with one attached hydrogen (secondary N) is 1. The SMILES string of the molecule is COc1ccc(OC)c(N(CC(=O)N(Cc2ccccc2C)C(C)C(=O)NC2CCCC2)S(=O)(=O)c2ccccc2)c1. The summed E-state index contributed by atoms with van der Waals surface area (Å²) in [6.45, 7) is 3.20. The topological polar surface area (TPSA) is 105 Å². The van der Waals surface area contributed by atoms with Gasteiger partial charge in [0.2, 0.25) is 11.8 Å². The van der Waals surface area contributed by atoms with Gasteiger partial charge in [0, 0.05) is 18.7 Å². The summed E-state index contributed by atoms with van der Waals surface area (Å²) < 4.78 is 40.1. The van der Waals surface area contributed by atoms with Gasteiger partial charge in [0.05, 0.1) is 24.8 Å². The average Bonchev–Trinajstić information content (AvgIpc) is 3.52. The largest absolute Gasteiger partial charge is 0.497 e. The summed E-state index contributed by atoms with van der Waals surface area (Å²) in [5, 5.41) is 3.09. The Bertz CT molecular complexity index is 1490. The van der Waals surface area contributed by atoms with Crippen molar-refractivity contribution in [2.24, 2.45) is 0 Å². The number of carbonyl (C=O) groups is 2. The van der Waals surface area contributed by atoms with Gasteiger partial charge in [-0.2, -0.15) is 0 Å². The van der Waals surface area contributed by atoms with Gasteiger partial charge in [-0.25, -0.2) is 8.42 Å². The second-order valence-electron chi connectivity index (χ2n) is 10.5. The highest BCUT2D eigenvalue weighted by molar-refractivity contribution is 7.92. The molecule has 1 N–H and O–H groups in total. The minimum absolute atomic E-state index is 0.0140. The molecule has 10 heteroatoms. The molecule has 0 bridgehead atoms. The van der Waals surface area contributed by atoms with E-state index in [0.29, 0.717) is 5.75 Å². The number of carbonyl (C=O) groups excluding carboxylic acids is 2. The highest BCUT2D eigenvalue weighted by Crippen LogP contribution is 2.36. The molecule has 2 amide bonds. The highest BCUT2D eigenvalue weighted by atomic mass is 32.2. The van der Waals surface area contributed by atoms with Gasteiger partial charge in [0.25, 0.3) is 10.0 Å². The van der Waals surface area contributed by atoms with Gasteiger partial charge < -0.3 is 19.7 Å². The molecule has 4 rings (SSSR count). The van der Waals surface area contributed by atoms with Crippen LogP contribution < -0.4 is 19.1 Å². The van der Waals surface area contributed by atoms with Gasteiger partial charge in [-0.1, -0.05) is 55.3 Å². The number of rotatable bonds is 12. The molecule has 1 atom stereocenters. The van der Waals surface area contributed by atoms with E-state index in [-0.39, 0.29) is 34.8 Å². The molecule has 1 fully saturated rings. The molecule has 42 heavy (non-hydrogen) atoms. The molecule has 1 aliphatic carbocycles. The fourth-order valence-corrected chi connectivity index (χ4v) is 6.61. The second-order valence-corrected chi connectivity index (χ2v) is 12.3. The number of methoxy groups -OCH3 is 2. The van der Waals surface area contributed by atoms with Crippen LogP contribution >= 0.6 is 0 Å². The molecular weight excluding hydrogens is 554 g/mol. The maximum Gasteiger partial charge on any atom is 0.264 e. The van der Waals surface area contributed by atoms with Gasteiger partial charge in [-0.3, -0.25) is 13.9 Å². The molecule has 0 spiro atoms. The van der Waals surface area contributed by atoms with Crippen LogP contribution in [-0.4, -0.2) is 58.0 Å². The third-order valence-electron chi connectivity index (χ3n) is 7.74. The van der Waals surface area contributed by atoms with E-state index in [1.165, 1.54) is 37.3 Å². The molecule has 1 unspecified atom stereocenters. The van der Waals surface area contributed by atoms with Crippen molar-refractivity contribution >= 4 is 27.5 Å². The maximum atomic E-state index is 14.2. The molecule has 0 heterocycles. The Morgan fingerprint density at radius 2 is 1.62 bits per heavy atom. The Hall–Kier alpha value is -4.05. The number of aryl methyl sites for hydroxylation is 1. The molecular formula is C32H39N3O6S. The summed E-state index contributed by atoms with van der Waals surface area (Å²) in [7, 11) is -1.33. The zero-order chi connectivity index (χ0) is 30.3. The monoisotopic (exact) mass is 593 g/mol. The number of nitrogens with zero attached hydrogens (tertiary/aromatic N) is 2. The quantitative estimate of drug-likeness (QED) is 0.327. The van der Waals surface area contributed by atoms with E-state index in [9.17, 15) is 18.0 Å². The molecule has 224 valence electrons. The van der Waals surface area contributed by atoms with Gasteiger partial charge in [-0.15, -0.1) is 0 Å². The van der Waals surface area contributed by atoms with Crippen LogP contribution in [0.5, 0.6) is 11.5 Å². The smallest absolute Gasteiger partial charge is 0.264 e. The number of ether oxygens (including phenoxy) is 2. The molecule has 3 aromatic carbocycles. The molecule has 1 aliphatic rings. The predicted molar refractivity (Wildman–Crippen MR) is 162 cm³/mol. The summed E-state index contributed by atoms with van der Waals surface area (Å²) in [5.41, 5.74) is 1.97. The predicted octanol–water partition coefficient (Wildman–Crippen LogP) is 4.68. The van der Waals surface area contributed by atoms with Crippen LogP contribution in [-0.2, 0) is 26.2 Å². The van der Waals surface area contributed by atoms with Crippen LogP contribution in [0.25, 0.3) is 0 Å². The zero-order valence-corrected chi connectivity index (χ0v) is 25.4. The first-order valence-corrected chi connectivity index (χ1v) is 15.5. The van der Waals surface area contributed by atoms with E-state index in [4.69, 9.17) is 9.47 Å². The number of sulfonamides is 1. The summed E-state index contributed by atoms with van der Waals surface area (Å²) in [6.07, 6.45) is 3.92. The number of amides is 2. The number of hydrogen-bond donors (Lipinski definition) is 1. The van der Waals surface area contributed by atoms with E-state index >= 15 is 0 Å². The van der Waals surface area contributed by atoms with E-state index in [0.717, 1.165) is 41.1 Å². The van der Waals surface area contributed by atoms with Crippen LogP contribution in [0.4, 0.5) is 5.69 Å². The van der Waals surface area contributed by atoms with Crippen LogP contribution in [0.1, 0.15) is 43.7 Å². The van der Waals surface area contributed by atoms with Crippen LogP contribution in [0, 0.1) is 6.92 Å². The summed E-state index contributed by atoms with van der Waals surface area (Å²) in [5.74, 6) is -0.148. The van der Waals surface area contributed by atoms with E-state index in [2.05, 4.69) is 5.32 Å². The first-order valence-electron chi connectivity index (χ1n) is 14.1. The molecule has 0 aliphatic heterocycles. The van der Waals surface area contributed by atoms with Crippen molar-refractivity contribution in [1.82, 2.24) is 10.2 Å². The fourth-order valence-electron chi connectivity index (χ4n) is 5.17. The Kier molecular flexibility index (Phi) is 10.1. The average molecular weight is 594 g/mol. The lowest BCUT2D eigenvalue weighted by Crippen LogP contribution is -2.52. The van der Waals surface area contributed by atoms with Crippen molar-refractivity contribution in [3.63, 3.8) is 0 Å². The van der Waals surface area contributed by atoms with Crippen molar-refractivity contribution in [2.75, 3.05) is 25.1 Å². The second kappa shape index (κ2) is 13.7. The molecule has 3 aromatic rings. The van der Waals surface area contributed by atoms with Gasteiger partial charge in [0.1, 0.15) is 24.1 Å². The van der Waals surface area contributed by atoms with Crippen LogP contribution in [0.3, 0.4) is 0 Å². The lowest BCUT2D eigenvalue weighted by Gasteiger charge is -2.33. The van der Waals surface area contributed by atoms with Gasteiger partial charge in [-0.05, 0) is 62.1 Å². The highest BCUT2D eigenvalue weighted by Gasteiger charge is 2.34. The van der Waals surface area contributed by atoms with E-state index < -0.39 is 28.5 Å². The Balaban J connectivity index is 1.75. The Morgan fingerprint density at radius 1 is 0.952 bits per heavy atom. The van der Waals surface area contributed by atoms with Crippen molar-refractivity contribution in [1.29, 1.82) is 0 Å². The minimum Gasteiger partial charge on any atom is -0.497 e. The maximum absolute atomic E-state index is 14.2. The number of anilines is 1. The lowest BCUT2D eigenvalue weighted by molar-refractivity contribution is -0.139. The number of hydrogen-bond acceptors (Lipinski definition) is 6. The van der Waals surface area contributed by atoms with Gasteiger partial charge in [0.15, 0.2) is 0 Å². The van der Waals surface area contributed by atoms with E-state index in [1.807, 2.05) is 31.2 Å². The first-order chi connectivity index (χ1) is 20.1. The van der Waals surface area contributed by atoms with Crippen molar-refractivity contribution in [3.8, 4) is 11.5 Å². The van der Waals surface area contributed by atoms with Crippen molar-refractivity contribution in [2.45, 2.75) is 63.1 Å². The van der Waals surface area contributed by atoms with Crippen LogP contribution in [0.15, 0.2) is 77.7 Å².